The fourth-order valence-electron chi connectivity index (χ4n) is 3.66. The van der Waals surface area contributed by atoms with Crippen LogP contribution in [0.5, 0.6) is 5.75 Å². The van der Waals surface area contributed by atoms with Gasteiger partial charge in [0.15, 0.2) is 0 Å². The molecule has 1 aliphatic heterocycles. The summed E-state index contributed by atoms with van der Waals surface area (Å²) in [5.41, 5.74) is 4.04. The first-order valence-electron chi connectivity index (χ1n) is 8.84. The van der Waals surface area contributed by atoms with Gasteiger partial charge in [-0.15, -0.1) is 0 Å². The van der Waals surface area contributed by atoms with Crippen molar-refractivity contribution in [2.75, 3.05) is 6.61 Å². The van der Waals surface area contributed by atoms with Crippen LogP contribution in [0.25, 0.3) is 21.9 Å². The van der Waals surface area contributed by atoms with Gasteiger partial charge in [0.1, 0.15) is 30.3 Å². The number of aromatic nitrogens is 3. The van der Waals surface area contributed by atoms with Gasteiger partial charge in [-0.3, -0.25) is 4.98 Å². The second-order valence-corrected chi connectivity index (χ2v) is 6.68. The van der Waals surface area contributed by atoms with Crippen LogP contribution in [0.2, 0.25) is 0 Å². The van der Waals surface area contributed by atoms with Crippen molar-refractivity contribution in [3.8, 4) is 5.75 Å². The summed E-state index contributed by atoms with van der Waals surface area (Å²) in [5.74, 6) is 1.79. The number of rotatable bonds is 3. The zero-order chi connectivity index (χ0) is 17.5. The van der Waals surface area contributed by atoms with Crippen LogP contribution in [0.1, 0.15) is 24.4 Å². The van der Waals surface area contributed by atoms with Crippen LogP contribution in [-0.4, -0.2) is 21.1 Å². The Hall–Kier alpha value is -2.92. The number of nitrogens with zero attached hydrogens (tertiary/aromatic N) is 3. The minimum Gasteiger partial charge on any atom is -0.488 e. The summed E-state index contributed by atoms with van der Waals surface area (Å²) in [5, 5.41) is 1.02. The van der Waals surface area contributed by atoms with Gasteiger partial charge in [-0.1, -0.05) is 36.4 Å². The molecular weight excluding hydrogens is 326 g/mol. The molecule has 5 nitrogen and oxygen atoms in total. The molecule has 0 saturated heterocycles. The van der Waals surface area contributed by atoms with E-state index in [1.807, 2.05) is 42.6 Å². The minimum atomic E-state index is 0.233. The minimum absolute atomic E-state index is 0.233. The Kier molecular flexibility index (Phi) is 3.60. The standard InChI is InChI=1S/C21H19N3O2/c1-14-11-25-13-19-23-17-10-22-16-8-5-9-18(20(16)21(17)24(14)19)26-12-15-6-3-2-4-7-15/h2-10,14H,11-13H2,1H3. The van der Waals surface area contributed by atoms with E-state index in [-0.39, 0.29) is 6.04 Å². The van der Waals surface area contributed by atoms with E-state index in [4.69, 9.17) is 14.5 Å². The van der Waals surface area contributed by atoms with Crippen molar-refractivity contribution in [3.63, 3.8) is 0 Å². The number of ether oxygens (including phenoxy) is 2. The van der Waals surface area contributed by atoms with Crippen molar-refractivity contribution in [1.82, 2.24) is 14.5 Å². The second kappa shape index (κ2) is 6.11. The van der Waals surface area contributed by atoms with Gasteiger partial charge in [-0.05, 0) is 24.6 Å². The van der Waals surface area contributed by atoms with Gasteiger partial charge in [0.2, 0.25) is 0 Å². The summed E-state index contributed by atoms with van der Waals surface area (Å²) in [6, 6.07) is 16.4. The lowest BCUT2D eigenvalue weighted by Crippen LogP contribution is -2.21. The molecule has 0 bridgehead atoms. The number of hydrogen-bond donors (Lipinski definition) is 0. The Morgan fingerprint density at radius 2 is 2.00 bits per heavy atom. The lowest BCUT2D eigenvalue weighted by atomic mass is 10.1. The Morgan fingerprint density at radius 1 is 1.12 bits per heavy atom. The molecule has 0 aliphatic carbocycles. The second-order valence-electron chi connectivity index (χ2n) is 6.68. The van der Waals surface area contributed by atoms with Crippen molar-refractivity contribution < 1.29 is 9.47 Å². The summed E-state index contributed by atoms with van der Waals surface area (Å²) < 4.78 is 14.1. The zero-order valence-electron chi connectivity index (χ0n) is 14.6. The van der Waals surface area contributed by atoms with E-state index >= 15 is 0 Å². The number of pyridine rings is 1. The molecule has 0 spiro atoms. The highest BCUT2D eigenvalue weighted by molar-refractivity contribution is 6.06. The molecule has 4 aromatic rings. The summed E-state index contributed by atoms with van der Waals surface area (Å²) in [6.45, 7) is 3.91. The molecule has 26 heavy (non-hydrogen) atoms. The molecule has 0 saturated carbocycles. The van der Waals surface area contributed by atoms with Crippen molar-refractivity contribution >= 4 is 21.9 Å². The summed E-state index contributed by atoms with van der Waals surface area (Å²) in [4.78, 5) is 9.33. The highest BCUT2D eigenvalue weighted by Crippen LogP contribution is 2.35. The SMILES string of the molecule is CC1COCc2nc3cnc4cccc(OCc5ccccc5)c4c3n21. The Morgan fingerprint density at radius 3 is 2.88 bits per heavy atom. The number of imidazole rings is 1. The third kappa shape index (κ3) is 2.44. The van der Waals surface area contributed by atoms with E-state index < -0.39 is 0 Å². The number of hydrogen-bond acceptors (Lipinski definition) is 4. The maximum atomic E-state index is 6.20. The molecule has 0 amide bonds. The summed E-state index contributed by atoms with van der Waals surface area (Å²) in [7, 11) is 0. The van der Waals surface area contributed by atoms with Crippen molar-refractivity contribution in [2.45, 2.75) is 26.2 Å². The largest absolute Gasteiger partial charge is 0.488 e. The van der Waals surface area contributed by atoms with Crippen molar-refractivity contribution in [2.24, 2.45) is 0 Å². The Bertz CT molecular complexity index is 1090. The van der Waals surface area contributed by atoms with Crippen LogP contribution in [0.15, 0.2) is 54.7 Å². The van der Waals surface area contributed by atoms with E-state index in [1.165, 1.54) is 0 Å². The maximum Gasteiger partial charge on any atom is 0.136 e. The van der Waals surface area contributed by atoms with Crippen LogP contribution in [0, 0.1) is 0 Å². The smallest absolute Gasteiger partial charge is 0.136 e. The quantitative estimate of drug-likeness (QED) is 0.557. The Balaban J connectivity index is 1.69. The van der Waals surface area contributed by atoms with E-state index in [2.05, 4.69) is 28.6 Å². The third-order valence-electron chi connectivity index (χ3n) is 4.85. The van der Waals surface area contributed by atoms with Gasteiger partial charge in [-0.2, -0.15) is 0 Å². The maximum absolute atomic E-state index is 6.20. The van der Waals surface area contributed by atoms with Crippen LogP contribution in [0.3, 0.4) is 0 Å². The first kappa shape index (κ1) is 15.3. The fourth-order valence-corrected chi connectivity index (χ4v) is 3.66. The normalized spacial score (nSPS) is 16.7. The average Bonchev–Trinajstić information content (AvgIpc) is 3.07. The average molecular weight is 345 g/mol. The van der Waals surface area contributed by atoms with Gasteiger partial charge in [0.05, 0.1) is 35.3 Å². The number of fused-ring (bicyclic) bond motifs is 5. The summed E-state index contributed by atoms with van der Waals surface area (Å²) >= 11 is 0. The van der Waals surface area contributed by atoms with Gasteiger partial charge >= 0.3 is 0 Å². The van der Waals surface area contributed by atoms with Crippen molar-refractivity contribution in [1.29, 1.82) is 0 Å². The van der Waals surface area contributed by atoms with E-state index in [9.17, 15) is 0 Å². The topological polar surface area (TPSA) is 49.2 Å². The zero-order valence-corrected chi connectivity index (χ0v) is 14.6. The molecule has 0 fully saturated rings. The van der Waals surface area contributed by atoms with E-state index in [0.717, 1.165) is 39.1 Å². The van der Waals surface area contributed by atoms with Gasteiger partial charge in [0, 0.05) is 0 Å². The van der Waals surface area contributed by atoms with Gasteiger partial charge in [0.25, 0.3) is 0 Å². The molecule has 5 rings (SSSR count). The van der Waals surface area contributed by atoms with E-state index in [0.29, 0.717) is 19.8 Å². The molecule has 1 atom stereocenters. The molecule has 0 N–H and O–H groups in total. The predicted molar refractivity (Wildman–Crippen MR) is 100 cm³/mol. The van der Waals surface area contributed by atoms with E-state index in [1.54, 1.807) is 0 Å². The first-order chi connectivity index (χ1) is 12.8. The van der Waals surface area contributed by atoms with Gasteiger partial charge < -0.3 is 14.0 Å². The lowest BCUT2D eigenvalue weighted by molar-refractivity contribution is 0.0622. The van der Waals surface area contributed by atoms with Crippen LogP contribution >= 0.6 is 0 Å². The highest BCUT2D eigenvalue weighted by Gasteiger charge is 2.23. The summed E-state index contributed by atoms with van der Waals surface area (Å²) in [6.07, 6.45) is 1.84. The first-order valence-corrected chi connectivity index (χ1v) is 8.84. The molecule has 5 heteroatoms. The molecule has 0 radical (unpaired) electrons. The molecule has 2 aromatic carbocycles. The molecule has 2 aromatic heterocycles. The molecule has 130 valence electrons. The monoisotopic (exact) mass is 345 g/mol. The van der Waals surface area contributed by atoms with Gasteiger partial charge in [-0.25, -0.2) is 4.98 Å². The molecular formula is C21H19N3O2. The fraction of sp³-hybridized carbons (Fsp3) is 0.238. The van der Waals surface area contributed by atoms with Crippen molar-refractivity contribution in [3.05, 3.63) is 66.1 Å². The lowest BCUT2D eigenvalue weighted by Gasteiger charge is -2.23. The third-order valence-corrected chi connectivity index (χ3v) is 4.85. The molecule has 1 aliphatic rings. The van der Waals surface area contributed by atoms with Crippen LogP contribution < -0.4 is 4.74 Å². The Labute approximate surface area is 151 Å². The highest BCUT2D eigenvalue weighted by atomic mass is 16.5. The number of benzene rings is 2. The molecule has 1 unspecified atom stereocenters. The molecule has 3 heterocycles. The van der Waals surface area contributed by atoms with Crippen LogP contribution in [0.4, 0.5) is 0 Å². The predicted octanol–water partition coefficient (Wildman–Crippen LogP) is 4.25. The van der Waals surface area contributed by atoms with Crippen LogP contribution in [-0.2, 0) is 18.0 Å².